The van der Waals surface area contributed by atoms with Crippen LogP contribution in [-0.4, -0.2) is 24.2 Å². The van der Waals surface area contributed by atoms with Crippen LogP contribution in [0, 0.1) is 22.9 Å². The lowest BCUT2D eigenvalue weighted by Crippen LogP contribution is -2.37. The van der Waals surface area contributed by atoms with Crippen LogP contribution >= 0.6 is 0 Å². The highest BCUT2D eigenvalue weighted by atomic mass is 28.3. The zero-order chi connectivity index (χ0) is 17.2. The van der Waals surface area contributed by atoms with Gasteiger partial charge in [0, 0.05) is 11.1 Å². The van der Waals surface area contributed by atoms with Crippen LogP contribution in [-0.2, 0) is 0 Å². The summed E-state index contributed by atoms with van der Waals surface area (Å²) in [5.74, 6) is 6.82. The van der Waals surface area contributed by atoms with Gasteiger partial charge < -0.3 is 0 Å². The number of hydrogen-bond acceptors (Lipinski definition) is 0. The summed E-state index contributed by atoms with van der Waals surface area (Å²) in [6.07, 6.45) is 0. The Bertz CT molecular complexity index is 607. The van der Waals surface area contributed by atoms with Gasteiger partial charge in [0.2, 0.25) is 0 Å². The molecule has 0 unspecified atom stereocenters. The zero-order valence-electron chi connectivity index (χ0n) is 15.7. The summed E-state index contributed by atoms with van der Waals surface area (Å²) in [4.78, 5) is 0. The summed E-state index contributed by atoms with van der Waals surface area (Å²) in [5.41, 5.74) is 9.24. The maximum absolute atomic E-state index is 3.48. The van der Waals surface area contributed by atoms with E-state index in [9.17, 15) is 0 Å². The van der Waals surface area contributed by atoms with Gasteiger partial charge >= 0.3 is 0 Å². The Morgan fingerprint density at radius 1 is 0.591 bits per heavy atom. The van der Waals surface area contributed by atoms with Crippen molar-refractivity contribution >= 4 is 29.4 Å². The Morgan fingerprint density at radius 3 is 1.23 bits per heavy atom. The minimum Gasteiger partial charge on any atom is -0.127 e. The molecule has 0 atom stereocenters. The van der Waals surface area contributed by atoms with Gasteiger partial charge in [-0.1, -0.05) is 76.0 Å². The Hall–Kier alpha value is -1.01. The highest BCUT2D eigenvalue weighted by Crippen LogP contribution is 2.09. The molecule has 0 saturated carbocycles. The summed E-state index contributed by atoms with van der Waals surface area (Å²) >= 11 is 0. The first kappa shape index (κ1) is 19.0. The molecular weight excluding hydrogens is 312 g/mol. The Balaban J connectivity index is 3.39. The fraction of sp³-hybridized carbons (Fsp3) is 0.474. The van der Waals surface area contributed by atoms with Gasteiger partial charge in [-0.3, -0.25) is 0 Å². The van der Waals surface area contributed by atoms with Crippen molar-refractivity contribution < 1.29 is 0 Å². The summed E-state index contributed by atoms with van der Waals surface area (Å²) in [7, 11) is -4.05. The fourth-order valence-electron chi connectivity index (χ4n) is 1.72. The van der Waals surface area contributed by atoms with Crippen LogP contribution in [0.4, 0.5) is 0 Å². The average Bonchev–Trinajstić information content (AvgIpc) is 2.31. The topological polar surface area (TPSA) is 0 Å². The van der Waals surface area contributed by atoms with Gasteiger partial charge in [0.25, 0.3) is 0 Å². The van der Waals surface area contributed by atoms with E-state index in [0.717, 1.165) is 11.1 Å². The second-order valence-electron chi connectivity index (χ2n) is 9.05. The maximum Gasteiger partial charge on any atom is 0.129 e. The number of benzene rings is 1. The van der Waals surface area contributed by atoms with Gasteiger partial charge in [-0.15, -0.1) is 11.1 Å². The Morgan fingerprint density at radius 2 is 0.955 bits per heavy atom. The van der Waals surface area contributed by atoms with E-state index in [-0.39, 0.29) is 0 Å². The highest BCUT2D eigenvalue weighted by molar-refractivity contribution is 6.88. The summed E-state index contributed by atoms with van der Waals surface area (Å²) in [5, 5.41) is 1.45. The zero-order valence-corrected chi connectivity index (χ0v) is 18.7. The molecule has 0 aliphatic rings. The largest absolute Gasteiger partial charge is 0.129 e. The molecule has 1 rings (SSSR count). The minimum atomic E-state index is -1.36. The first-order chi connectivity index (χ1) is 9.76. The van der Waals surface area contributed by atoms with Crippen molar-refractivity contribution in [2.75, 3.05) is 0 Å². The predicted molar refractivity (Wildman–Crippen MR) is 110 cm³/mol. The Labute approximate surface area is 140 Å². The smallest absolute Gasteiger partial charge is 0.127 e. The number of hydrogen-bond donors (Lipinski definition) is 0. The lowest BCUT2D eigenvalue weighted by Gasteiger charge is -2.17. The van der Waals surface area contributed by atoms with Crippen LogP contribution in [0.3, 0.4) is 0 Å². The van der Waals surface area contributed by atoms with E-state index in [2.05, 4.69) is 100 Å². The van der Waals surface area contributed by atoms with Gasteiger partial charge in [-0.05, 0) is 18.2 Å². The normalized spacial score (nSPS) is 12.0. The van der Waals surface area contributed by atoms with Crippen molar-refractivity contribution in [1.82, 2.24) is 0 Å². The lowest BCUT2D eigenvalue weighted by atomic mass is 10.1. The molecule has 0 fully saturated rings. The second kappa shape index (κ2) is 6.62. The summed E-state index contributed by atoms with van der Waals surface area (Å²) in [6, 6.07) is 6.75. The minimum absolute atomic E-state index is 1.14. The molecule has 22 heavy (non-hydrogen) atoms. The van der Waals surface area contributed by atoms with Crippen molar-refractivity contribution in [3.05, 3.63) is 29.3 Å². The molecule has 0 heterocycles. The van der Waals surface area contributed by atoms with Crippen LogP contribution in [0.5, 0.6) is 0 Å². The van der Waals surface area contributed by atoms with Crippen LogP contribution in [0.25, 0.3) is 0 Å². The van der Waals surface area contributed by atoms with Crippen LogP contribution in [0.1, 0.15) is 11.1 Å². The molecule has 118 valence electrons. The van der Waals surface area contributed by atoms with E-state index in [1.165, 1.54) is 5.19 Å². The standard InChI is InChI=1S/C19H30Si3/c1-20(2,3)12-10-17-14-18(11-13-21(4,5)6)16-19(15-17)22(7,8)9/h14-16H,1-9H3. The third-order valence-electron chi connectivity index (χ3n) is 2.96. The monoisotopic (exact) mass is 342 g/mol. The van der Waals surface area contributed by atoms with Crippen LogP contribution < -0.4 is 5.19 Å². The van der Waals surface area contributed by atoms with E-state index in [1.807, 2.05) is 0 Å². The van der Waals surface area contributed by atoms with Gasteiger partial charge in [-0.25, -0.2) is 0 Å². The van der Waals surface area contributed by atoms with E-state index < -0.39 is 24.2 Å². The lowest BCUT2D eigenvalue weighted by molar-refractivity contribution is 1.60. The Kier molecular flexibility index (Phi) is 5.73. The van der Waals surface area contributed by atoms with Crippen LogP contribution in [0.15, 0.2) is 18.2 Å². The first-order valence-electron chi connectivity index (χ1n) is 7.98. The average molecular weight is 343 g/mol. The van der Waals surface area contributed by atoms with E-state index in [1.54, 1.807) is 0 Å². The molecule has 0 amide bonds. The third kappa shape index (κ3) is 7.31. The van der Waals surface area contributed by atoms with E-state index in [4.69, 9.17) is 0 Å². The fourth-order valence-corrected chi connectivity index (χ4v) is 3.94. The molecule has 0 aliphatic heterocycles. The van der Waals surface area contributed by atoms with Crippen molar-refractivity contribution in [3.8, 4) is 22.9 Å². The van der Waals surface area contributed by atoms with Gasteiger partial charge in [-0.2, -0.15) is 0 Å². The van der Waals surface area contributed by atoms with Crippen molar-refractivity contribution in [1.29, 1.82) is 0 Å². The molecule has 3 heteroatoms. The molecule has 0 saturated heterocycles. The molecule has 0 aromatic heterocycles. The predicted octanol–water partition coefficient (Wildman–Crippen LogP) is 4.69. The molecule has 0 nitrogen and oxygen atoms in total. The molecule has 1 aromatic carbocycles. The molecule has 1 aromatic rings. The molecular formula is C19H30Si3. The molecule has 0 N–H and O–H groups in total. The molecule has 0 bridgehead atoms. The first-order valence-corrected chi connectivity index (χ1v) is 18.5. The molecule has 0 spiro atoms. The van der Waals surface area contributed by atoms with E-state index in [0.29, 0.717) is 0 Å². The molecule has 0 radical (unpaired) electrons. The summed E-state index contributed by atoms with van der Waals surface area (Å²) < 4.78 is 0. The van der Waals surface area contributed by atoms with Crippen molar-refractivity contribution in [2.45, 2.75) is 58.9 Å². The van der Waals surface area contributed by atoms with Gasteiger partial charge in [0.1, 0.15) is 16.1 Å². The van der Waals surface area contributed by atoms with E-state index >= 15 is 0 Å². The second-order valence-corrected chi connectivity index (χ2v) is 23.6. The maximum atomic E-state index is 3.48. The van der Waals surface area contributed by atoms with Gasteiger partial charge in [0.15, 0.2) is 0 Å². The number of rotatable bonds is 1. The summed E-state index contributed by atoms with van der Waals surface area (Å²) in [6.45, 7) is 20.9. The van der Waals surface area contributed by atoms with Gasteiger partial charge in [0.05, 0.1) is 8.07 Å². The SMILES string of the molecule is C[Si](C)(C)C#Cc1cc(C#C[Si](C)(C)C)cc([Si](C)(C)C)c1. The van der Waals surface area contributed by atoms with Crippen molar-refractivity contribution in [3.63, 3.8) is 0 Å². The third-order valence-corrected chi connectivity index (χ3v) is 6.73. The van der Waals surface area contributed by atoms with Crippen molar-refractivity contribution in [2.24, 2.45) is 0 Å². The quantitative estimate of drug-likeness (QED) is 0.513. The highest BCUT2D eigenvalue weighted by Gasteiger charge is 2.17. The van der Waals surface area contributed by atoms with Crippen LogP contribution in [0.2, 0.25) is 58.9 Å². The molecule has 0 aliphatic carbocycles.